The number of carbonyl (C=O) groups excluding carboxylic acids is 1. The van der Waals surface area contributed by atoms with Gasteiger partial charge < -0.3 is 10.0 Å². The summed E-state index contributed by atoms with van der Waals surface area (Å²) >= 11 is 5.88. The van der Waals surface area contributed by atoms with Gasteiger partial charge in [0.1, 0.15) is 6.04 Å². The number of rotatable bonds is 10. The summed E-state index contributed by atoms with van der Waals surface area (Å²) < 4.78 is 28.6. The predicted octanol–water partition coefficient (Wildman–Crippen LogP) is 3.97. The molecule has 0 fully saturated rings. The second-order valence-electron chi connectivity index (χ2n) is 8.35. The number of hydrogen-bond acceptors (Lipinski definition) is 5. The first-order valence-corrected chi connectivity index (χ1v) is 12.7. The SMILES string of the molecule is CC(C)[C@H](NS(=O)(=O)c1ccc(Cl)cc1)C(=O)N(Cc1ccc(C(=O)O)cc1)Cc1cccnc1. The zero-order valence-corrected chi connectivity index (χ0v) is 20.8. The van der Waals surface area contributed by atoms with Gasteiger partial charge in [-0.25, -0.2) is 13.2 Å². The topological polar surface area (TPSA) is 117 Å². The molecule has 0 aliphatic heterocycles. The van der Waals surface area contributed by atoms with Crippen molar-refractivity contribution in [3.05, 3.63) is 94.8 Å². The number of halogens is 1. The number of nitrogens with one attached hydrogen (secondary N) is 1. The summed E-state index contributed by atoms with van der Waals surface area (Å²) in [5.74, 6) is -1.81. The van der Waals surface area contributed by atoms with E-state index in [9.17, 15) is 18.0 Å². The predicted molar refractivity (Wildman–Crippen MR) is 132 cm³/mol. The van der Waals surface area contributed by atoms with Gasteiger partial charge in [-0.1, -0.05) is 43.6 Å². The summed E-state index contributed by atoms with van der Waals surface area (Å²) in [5, 5.41) is 9.55. The van der Waals surface area contributed by atoms with Gasteiger partial charge in [-0.2, -0.15) is 4.72 Å². The van der Waals surface area contributed by atoms with Gasteiger partial charge >= 0.3 is 5.97 Å². The number of aromatic carboxylic acids is 1. The molecule has 184 valence electrons. The second kappa shape index (κ2) is 11.4. The van der Waals surface area contributed by atoms with E-state index in [-0.39, 0.29) is 29.5 Å². The van der Waals surface area contributed by atoms with Gasteiger partial charge in [-0.3, -0.25) is 9.78 Å². The molecule has 2 N–H and O–H groups in total. The summed E-state index contributed by atoms with van der Waals surface area (Å²) in [7, 11) is -3.99. The van der Waals surface area contributed by atoms with Crippen LogP contribution in [0.1, 0.15) is 35.3 Å². The van der Waals surface area contributed by atoms with E-state index in [2.05, 4.69) is 9.71 Å². The summed E-state index contributed by atoms with van der Waals surface area (Å²) in [4.78, 5) is 30.5. The molecule has 0 radical (unpaired) electrons. The molecule has 3 rings (SSSR count). The number of benzene rings is 2. The maximum atomic E-state index is 13.7. The van der Waals surface area contributed by atoms with E-state index < -0.39 is 27.9 Å². The molecule has 0 saturated carbocycles. The Morgan fingerprint density at radius 2 is 1.63 bits per heavy atom. The van der Waals surface area contributed by atoms with E-state index in [0.717, 1.165) is 5.56 Å². The van der Waals surface area contributed by atoms with E-state index in [4.69, 9.17) is 16.7 Å². The minimum Gasteiger partial charge on any atom is -0.478 e. The third kappa shape index (κ3) is 7.11. The van der Waals surface area contributed by atoms with Crippen molar-refractivity contribution in [2.45, 2.75) is 37.9 Å². The van der Waals surface area contributed by atoms with Crippen molar-refractivity contribution >= 4 is 33.5 Å². The van der Waals surface area contributed by atoms with Crippen molar-refractivity contribution in [3.63, 3.8) is 0 Å². The van der Waals surface area contributed by atoms with Crippen LogP contribution in [0.15, 0.2) is 78.0 Å². The van der Waals surface area contributed by atoms with Gasteiger partial charge in [0.2, 0.25) is 15.9 Å². The lowest BCUT2D eigenvalue weighted by molar-refractivity contribution is -0.135. The quantitative estimate of drug-likeness (QED) is 0.422. The number of aromatic nitrogens is 1. The number of amides is 1. The van der Waals surface area contributed by atoms with E-state index >= 15 is 0 Å². The fourth-order valence-electron chi connectivity index (χ4n) is 3.41. The van der Waals surface area contributed by atoms with Crippen LogP contribution in [-0.4, -0.2) is 41.3 Å². The number of carbonyl (C=O) groups is 2. The Kier molecular flexibility index (Phi) is 8.61. The molecule has 0 saturated heterocycles. The van der Waals surface area contributed by atoms with Crippen LogP contribution in [0.2, 0.25) is 5.02 Å². The van der Waals surface area contributed by atoms with Crippen molar-refractivity contribution in [1.29, 1.82) is 0 Å². The molecule has 8 nitrogen and oxygen atoms in total. The normalized spacial score (nSPS) is 12.3. The number of sulfonamides is 1. The summed E-state index contributed by atoms with van der Waals surface area (Å²) in [6.07, 6.45) is 3.26. The first-order valence-electron chi connectivity index (χ1n) is 10.8. The van der Waals surface area contributed by atoms with E-state index in [1.165, 1.54) is 41.3 Å². The number of carboxylic acid groups (broad SMARTS) is 1. The highest BCUT2D eigenvalue weighted by Crippen LogP contribution is 2.19. The fraction of sp³-hybridized carbons (Fsp3) is 0.240. The maximum Gasteiger partial charge on any atom is 0.335 e. The molecule has 1 aromatic heterocycles. The molecule has 0 unspecified atom stereocenters. The highest BCUT2D eigenvalue weighted by Gasteiger charge is 2.32. The monoisotopic (exact) mass is 515 g/mol. The molecule has 10 heteroatoms. The Morgan fingerprint density at radius 1 is 1.00 bits per heavy atom. The molecule has 2 aromatic carbocycles. The van der Waals surface area contributed by atoms with Gasteiger partial charge in [0.25, 0.3) is 0 Å². The summed E-state index contributed by atoms with van der Waals surface area (Å²) in [5.41, 5.74) is 1.61. The molecule has 3 aromatic rings. The molecule has 0 bridgehead atoms. The molecule has 0 aliphatic rings. The molecule has 0 aliphatic carbocycles. The first-order chi connectivity index (χ1) is 16.6. The number of carboxylic acids is 1. The smallest absolute Gasteiger partial charge is 0.335 e. The van der Waals surface area contributed by atoms with E-state index in [1.807, 2.05) is 6.07 Å². The fourth-order valence-corrected chi connectivity index (χ4v) is 4.88. The Hall–Kier alpha value is -3.27. The van der Waals surface area contributed by atoms with Crippen LogP contribution >= 0.6 is 11.6 Å². The van der Waals surface area contributed by atoms with Gasteiger partial charge in [-0.15, -0.1) is 0 Å². The van der Waals surface area contributed by atoms with Crippen LogP contribution in [0.3, 0.4) is 0 Å². The minimum atomic E-state index is -3.99. The molecular weight excluding hydrogens is 490 g/mol. The number of pyridine rings is 1. The number of nitrogens with zero attached hydrogens (tertiary/aromatic N) is 2. The molecular formula is C25H26ClN3O5S. The van der Waals surface area contributed by atoms with E-state index in [1.54, 1.807) is 44.4 Å². The zero-order valence-electron chi connectivity index (χ0n) is 19.3. The lowest BCUT2D eigenvalue weighted by Crippen LogP contribution is -2.50. The second-order valence-corrected chi connectivity index (χ2v) is 10.5. The van der Waals surface area contributed by atoms with E-state index in [0.29, 0.717) is 10.6 Å². The third-order valence-corrected chi connectivity index (χ3v) is 7.03. The van der Waals surface area contributed by atoms with Crippen LogP contribution in [0, 0.1) is 5.92 Å². The summed E-state index contributed by atoms with van der Waals surface area (Å²) in [6, 6.07) is 14.4. The zero-order chi connectivity index (χ0) is 25.6. The molecule has 35 heavy (non-hydrogen) atoms. The van der Waals surface area contributed by atoms with Gasteiger partial charge in [0.15, 0.2) is 0 Å². The maximum absolute atomic E-state index is 13.7. The van der Waals surface area contributed by atoms with Crippen LogP contribution < -0.4 is 4.72 Å². The lowest BCUT2D eigenvalue weighted by Gasteiger charge is -2.30. The Balaban J connectivity index is 1.90. The minimum absolute atomic E-state index is 0.00317. The molecule has 1 atom stereocenters. The van der Waals surface area contributed by atoms with Gasteiger partial charge in [-0.05, 0) is 59.5 Å². The Bertz CT molecular complexity index is 1260. The van der Waals surface area contributed by atoms with Crippen molar-refractivity contribution in [2.24, 2.45) is 5.92 Å². The Labute approximate surface area is 209 Å². The van der Waals surface area contributed by atoms with Gasteiger partial charge in [0.05, 0.1) is 10.5 Å². The largest absolute Gasteiger partial charge is 0.478 e. The van der Waals surface area contributed by atoms with Crippen LogP contribution in [0.5, 0.6) is 0 Å². The molecule has 0 spiro atoms. The summed E-state index contributed by atoms with van der Waals surface area (Å²) in [6.45, 7) is 3.87. The number of hydrogen-bond donors (Lipinski definition) is 2. The molecule has 1 heterocycles. The highest BCUT2D eigenvalue weighted by atomic mass is 35.5. The van der Waals surface area contributed by atoms with Crippen molar-refractivity contribution in [3.8, 4) is 0 Å². The standard InChI is InChI=1S/C25H26ClN3O5S/c1-17(2)23(28-35(33,34)22-11-9-21(26)10-12-22)24(30)29(16-19-4-3-13-27-14-19)15-18-5-7-20(8-6-18)25(31)32/h3-14,17,23,28H,15-16H2,1-2H3,(H,31,32)/t23-/m0/s1. The highest BCUT2D eigenvalue weighted by molar-refractivity contribution is 7.89. The van der Waals surface area contributed by atoms with Crippen LogP contribution in [0.4, 0.5) is 0 Å². The van der Waals surface area contributed by atoms with Crippen LogP contribution in [-0.2, 0) is 27.9 Å². The van der Waals surface area contributed by atoms with Crippen molar-refractivity contribution in [1.82, 2.24) is 14.6 Å². The van der Waals surface area contributed by atoms with Crippen LogP contribution in [0.25, 0.3) is 0 Å². The average Bonchev–Trinajstić information content (AvgIpc) is 2.83. The average molecular weight is 516 g/mol. The van der Waals surface area contributed by atoms with Crippen molar-refractivity contribution in [2.75, 3.05) is 0 Å². The Morgan fingerprint density at radius 3 is 2.17 bits per heavy atom. The lowest BCUT2D eigenvalue weighted by atomic mass is 10.0. The first kappa shape index (κ1) is 26.3. The van der Waals surface area contributed by atoms with Crippen molar-refractivity contribution < 1.29 is 23.1 Å². The third-order valence-electron chi connectivity index (χ3n) is 5.32. The van der Waals surface area contributed by atoms with Gasteiger partial charge in [0, 0.05) is 30.5 Å². The molecule has 1 amide bonds.